The quantitative estimate of drug-likeness (QED) is 0.229. The fourth-order valence-electron chi connectivity index (χ4n) is 5.83. The van der Waals surface area contributed by atoms with Crippen molar-refractivity contribution in [2.24, 2.45) is 11.8 Å². The van der Waals surface area contributed by atoms with Crippen molar-refractivity contribution in [1.82, 2.24) is 0 Å². The zero-order valence-corrected chi connectivity index (χ0v) is 17.6. The number of rotatable bonds is 4. The highest BCUT2D eigenvalue weighted by Gasteiger charge is 2.54. The van der Waals surface area contributed by atoms with Crippen LogP contribution in [-0.4, -0.2) is 114 Å². The maximum absolute atomic E-state index is 10.5. The molecule has 10 nitrogen and oxygen atoms in total. The molecule has 2 saturated heterocycles. The summed E-state index contributed by atoms with van der Waals surface area (Å²) in [7, 11) is 0. The lowest BCUT2D eigenvalue weighted by molar-refractivity contribution is -0.355. The first-order valence-corrected chi connectivity index (χ1v) is 11.5. The number of hydrogen-bond acceptors (Lipinski definition) is 9. The lowest BCUT2D eigenvalue weighted by atomic mass is 9.73. The number of ether oxygens (including phenoxy) is 3. The molecule has 8 N–H and O–H groups in total. The van der Waals surface area contributed by atoms with E-state index in [0.717, 1.165) is 12.8 Å². The van der Waals surface area contributed by atoms with Gasteiger partial charge in [-0.1, -0.05) is 0 Å². The fraction of sp³-hybridized carbons (Fsp3) is 1.00. The lowest BCUT2D eigenvalue weighted by Gasteiger charge is -2.48. The zero-order chi connectivity index (χ0) is 22.3. The number of aliphatic hydroxyl groups is 9. The van der Waals surface area contributed by atoms with Crippen LogP contribution in [0.25, 0.3) is 0 Å². The standard InChI is InChI=1S/C21H36O10/c22-8-16-17(26)18(27)19(28)21(31-16)30-15-7-12-13(25)5-11(24)6-14(12)29-20(15)9-1-3-10(23)4-2-9/h9-28H,1-8H2/p+1/t9?,10?,11?,12?,13?,14?,15?,16-,17+,18-,19-,20?,21-/m1/s1. The van der Waals surface area contributed by atoms with Crippen molar-refractivity contribution < 1.29 is 50.0 Å². The highest BCUT2D eigenvalue weighted by Crippen LogP contribution is 2.42. The number of hydrogen-bond donors (Lipinski definition) is 7. The van der Waals surface area contributed by atoms with Gasteiger partial charge in [0.2, 0.25) is 0 Å². The Labute approximate surface area is 181 Å². The summed E-state index contributed by atoms with van der Waals surface area (Å²) in [5.74, 6) is -0.0424. The Balaban J connectivity index is 1.52. The molecule has 4 fully saturated rings. The summed E-state index contributed by atoms with van der Waals surface area (Å²) < 4.78 is 16.7. The van der Waals surface area contributed by atoms with Crippen LogP contribution in [0.4, 0.5) is 0 Å². The molecule has 0 aromatic rings. The number of fused-ring (bicyclic) bond motifs is 1. The molecule has 2 aliphatic carbocycles. The Morgan fingerprint density at radius 3 is 2.19 bits per heavy atom. The molecule has 0 radical (unpaired) electrons. The van der Waals surface area contributed by atoms with Crippen LogP contribution in [0.3, 0.4) is 0 Å². The van der Waals surface area contributed by atoms with E-state index in [0.29, 0.717) is 25.7 Å². The minimum Gasteiger partial charge on any atom is -0.427 e. The van der Waals surface area contributed by atoms with Crippen molar-refractivity contribution in [1.29, 1.82) is 0 Å². The van der Waals surface area contributed by atoms with Crippen LogP contribution in [0, 0.1) is 11.8 Å². The van der Waals surface area contributed by atoms with Gasteiger partial charge in [0.15, 0.2) is 18.5 Å². The second-order valence-corrected chi connectivity index (χ2v) is 9.74. The van der Waals surface area contributed by atoms with Gasteiger partial charge in [0.05, 0.1) is 30.8 Å². The highest BCUT2D eigenvalue weighted by molar-refractivity contribution is 4.97. The molecule has 180 valence electrons. The normalized spacial score (nSPS) is 53.7. The van der Waals surface area contributed by atoms with Gasteiger partial charge >= 0.3 is 0 Å². The van der Waals surface area contributed by atoms with Gasteiger partial charge in [0, 0.05) is 18.8 Å². The van der Waals surface area contributed by atoms with Gasteiger partial charge in [-0.2, -0.15) is 0 Å². The van der Waals surface area contributed by atoms with Gasteiger partial charge in [-0.15, -0.1) is 0 Å². The van der Waals surface area contributed by atoms with Gasteiger partial charge < -0.3 is 50.0 Å². The molecule has 4 rings (SSSR count). The van der Waals surface area contributed by atoms with Gasteiger partial charge in [-0.3, -0.25) is 0 Å². The van der Waals surface area contributed by atoms with Crippen molar-refractivity contribution in [3.8, 4) is 0 Å². The molecule has 31 heavy (non-hydrogen) atoms. The second kappa shape index (κ2) is 9.84. The first kappa shape index (κ1) is 23.7. The smallest absolute Gasteiger partial charge is 0.187 e. The Bertz CT molecular complexity index is 583. The maximum Gasteiger partial charge on any atom is 0.187 e. The Kier molecular flexibility index (Phi) is 7.54. The minimum absolute atomic E-state index is 0.149. The summed E-state index contributed by atoms with van der Waals surface area (Å²) in [5.41, 5.74) is 0. The molecule has 4 aliphatic rings. The topological polar surface area (TPSA) is 173 Å². The third-order valence-electron chi connectivity index (χ3n) is 7.65. The molecule has 0 amide bonds. The minimum atomic E-state index is -1.53. The Hall–Kier alpha value is -0.400. The summed E-state index contributed by atoms with van der Waals surface area (Å²) in [4.78, 5) is 0. The molecule has 2 saturated carbocycles. The largest absolute Gasteiger partial charge is 0.427 e. The van der Waals surface area contributed by atoms with Crippen molar-refractivity contribution >= 4 is 0 Å². The van der Waals surface area contributed by atoms with Gasteiger partial charge in [-0.25, -0.2) is 0 Å². The van der Waals surface area contributed by atoms with Crippen LogP contribution >= 0.6 is 0 Å². The molecule has 0 aromatic heterocycles. The average Bonchev–Trinajstić information content (AvgIpc) is 2.74. The summed E-state index contributed by atoms with van der Waals surface area (Å²) in [6, 6.07) is 0. The summed E-state index contributed by atoms with van der Waals surface area (Å²) >= 11 is 0. The Morgan fingerprint density at radius 2 is 1.52 bits per heavy atom. The van der Waals surface area contributed by atoms with E-state index in [1.54, 1.807) is 0 Å². The number of aliphatic hydroxyl groups excluding tert-OH is 7. The predicted molar refractivity (Wildman–Crippen MR) is 106 cm³/mol. The molecule has 11 atom stereocenters. The molecule has 0 aromatic carbocycles. The first-order valence-electron chi connectivity index (χ1n) is 11.5. The predicted octanol–water partition coefficient (Wildman–Crippen LogP) is -2.48. The molecule has 0 spiro atoms. The summed E-state index contributed by atoms with van der Waals surface area (Å²) in [6.07, 6.45) is -5.29. The zero-order valence-electron chi connectivity index (χ0n) is 17.6. The third-order valence-corrected chi connectivity index (χ3v) is 7.65. The summed E-state index contributed by atoms with van der Waals surface area (Å²) in [5, 5.41) is 70.6. The van der Waals surface area contributed by atoms with E-state index in [1.165, 1.54) is 0 Å². The van der Waals surface area contributed by atoms with Crippen LogP contribution < -0.4 is 0 Å². The fourth-order valence-corrected chi connectivity index (χ4v) is 5.83. The third kappa shape index (κ3) is 4.93. The maximum atomic E-state index is 10.5. The lowest BCUT2D eigenvalue weighted by Crippen LogP contribution is -2.62. The molecule has 6 unspecified atom stereocenters. The molecule has 0 bridgehead atoms. The first-order chi connectivity index (χ1) is 14.8. The average molecular weight is 450 g/mol. The second-order valence-electron chi connectivity index (χ2n) is 9.74. The molecular formula is C21H37O10+. The highest BCUT2D eigenvalue weighted by atomic mass is 16.7. The van der Waals surface area contributed by atoms with Gasteiger partial charge in [0.1, 0.15) is 30.5 Å². The van der Waals surface area contributed by atoms with E-state index in [1.807, 2.05) is 0 Å². The molecule has 10 heteroatoms. The van der Waals surface area contributed by atoms with Crippen molar-refractivity contribution in [3.05, 3.63) is 0 Å². The van der Waals surface area contributed by atoms with Gasteiger partial charge in [0.25, 0.3) is 0 Å². The van der Waals surface area contributed by atoms with E-state index >= 15 is 0 Å². The monoisotopic (exact) mass is 449 g/mol. The van der Waals surface area contributed by atoms with Crippen molar-refractivity contribution in [3.63, 3.8) is 0 Å². The molecule has 2 heterocycles. The van der Waals surface area contributed by atoms with Crippen LogP contribution in [-0.2, 0) is 9.47 Å². The van der Waals surface area contributed by atoms with Crippen molar-refractivity contribution in [2.45, 2.75) is 112 Å². The van der Waals surface area contributed by atoms with Crippen LogP contribution in [0.5, 0.6) is 0 Å². The van der Waals surface area contributed by atoms with Crippen LogP contribution in [0.2, 0.25) is 0 Å². The Morgan fingerprint density at radius 1 is 0.806 bits per heavy atom. The van der Waals surface area contributed by atoms with Crippen molar-refractivity contribution in [2.75, 3.05) is 6.61 Å². The van der Waals surface area contributed by atoms with Crippen LogP contribution in [0.1, 0.15) is 44.9 Å². The SMILES string of the molecule is OC[C@H]1O[C@@H](OC2CC3C(O)CC(O)CC3[OH+]C2C2CCC(O)CC2)[C@H](O)[C@H](O)[C@H]1O. The molecule has 2 aliphatic heterocycles. The van der Waals surface area contributed by atoms with Gasteiger partial charge in [-0.05, 0) is 32.1 Å². The van der Waals surface area contributed by atoms with E-state index in [4.69, 9.17) is 14.2 Å². The van der Waals surface area contributed by atoms with E-state index < -0.39 is 55.6 Å². The van der Waals surface area contributed by atoms with E-state index in [2.05, 4.69) is 0 Å². The van der Waals surface area contributed by atoms with E-state index in [-0.39, 0.29) is 36.6 Å². The van der Waals surface area contributed by atoms with Crippen LogP contribution in [0.15, 0.2) is 0 Å². The molecular weight excluding hydrogens is 412 g/mol. The van der Waals surface area contributed by atoms with E-state index in [9.17, 15) is 35.7 Å². The summed E-state index contributed by atoms with van der Waals surface area (Å²) in [6.45, 7) is -0.537.